The third-order valence-corrected chi connectivity index (χ3v) is 10.3. The number of benzene rings is 2. The van der Waals surface area contributed by atoms with Crippen molar-refractivity contribution in [3.63, 3.8) is 0 Å². The normalized spacial score (nSPS) is 14.7. The molecule has 0 aliphatic carbocycles. The SMILES string of the molecule is CCn1c(-c2cccnc2COC)c(CC(C)(C)COC=O)c2cc(-c3cc(O)cc(CC(NC(=O)C(C(C)C)N(C)C)C(=O)N4CCCCN4)c3)ccc21. The summed E-state index contributed by atoms with van der Waals surface area (Å²) >= 11 is 0. The van der Waals surface area contributed by atoms with E-state index in [0.717, 1.165) is 62.9 Å². The van der Waals surface area contributed by atoms with Gasteiger partial charge in [0.2, 0.25) is 5.91 Å². The summed E-state index contributed by atoms with van der Waals surface area (Å²) in [5.41, 5.74) is 10.1. The number of rotatable bonds is 17. The number of nitrogens with zero attached hydrogens (tertiary/aromatic N) is 4. The molecule has 1 fully saturated rings. The van der Waals surface area contributed by atoms with E-state index in [0.29, 0.717) is 39.1 Å². The van der Waals surface area contributed by atoms with Gasteiger partial charge in [-0.05, 0) is 105 Å². The van der Waals surface area contributed by atoms with Gasteiger partial charge in [-0.1, -0.05) is 39.8 Å². The lowest BCUT2D eigenvalue weighted by Crippen LogP contribution is -2.58. The van der Waals surface area contributed by atoms with Gasteiger partial charge in [0.05, 0.1) is 30.6 Å². The van der Waals surface area contributed by atoms with E-state index in [4.69, 9.17) is 9.47 Å². The van der Waals surface area contributed by atoms with Crippen LogP contribution in [0.4, 0.5) is 0 Å². The van der Waals surface area contributed by atoms with Crippen LogP contribution in [-0.4, -0.2) is 95.8 Å². The van der Waals surface area contributed by atoms with E-state index in [1.54, 1.807) is 30.4 Å². The Labute approximate surface area is 325 Å². The number of nitrogens with one attached hydrogen (secondary N) is 2. The van der Waals surface area contributed by atoms with Crippen LogP contribution >= 0.6 is 0 Å². The van der Waals surface area contributed by atoms with Gasteiger partial charge in [-0.2, -0.15) is 0 Å². The number of fused-ring (bicyclic) bond motifs is 1. The molecule has 0 bridgehead atoms. The molecular weight excluding hydrogens is 697 g/mol. The van der Waals surface area contributed by atoms with Crippen LogP contribution in [0.25, 0.3) is 33.3 Å². The molecule has 2 aromatic carbocycles. The summed E-state index contributed by atoms with van der Waals surface area (Å²) in [5.74, 6) is -0.327. The second kappa shape index (κ2) is 18.2. The highest BCUT2D eigenvalue weighted by Gasteiger charge is 2.32. The van der Waals surface area contributed by atoms with Gasteiger partial charge in [0.25, 0.3) is 12.4 Å². The molecule has 0 radical (unpaired) electrons. The highest BCUT2D eigenvalue weighted by molar-refractivity contribution is 5.95. The number of likely N-dealkylation sites (N-methyl/N-ethyl adjacent to an activating group) is 1. The molecule has 1 aliphatic rings. The molecule has 2 atom stereocenters. The van der Waals surface area contributed by atoms with E-state index >= 15 is 0 Å². The van der Waals surface area contributed by atoms with E-state index in [9.17, 15) is 19.5 Å². The third kappa shape index (κ3) is 9.73. The second-order valence-corrected chi connectivity index (χ2v) is 15.9. The van der Waals surface area contributed by atoms with Gasteiger partial charge in [-0.25, -0.2) is 5.43 Å². The van der Waals surface area contributed by atoms with Crippen LogP contribution in [0, 0.1) is 11.3 Å². The fourth-order valence-corrected chi connectivity index (χ4v) is 7.96. The molecule has 3 N–H and O–H groups in total. The molecule has 0 spiro atoms. The fourth-order valence-electron chi connectivity index (χ4n) is 7.96. The molecule has 2 amide bonds. The van der Waals surface area contributed by atoms with Crippen LogP contribution in [0.1, 0.15) is 64.3 Å². The Morgan fingerprint density at radius 1 is 1.11 bits per heavy atom. The molecule has 55 heavy (non-hydrogen) atoms. The predicted octanol–water partition coefficient (Wildman–Crippen LogP) is 5.72. The minimum absolute atomic E-state index is 0.0296. The standard InChI is InChI=1S/C43H58N6O6/c1-9-48-38-15-14-30(23-34(38)35(24-43(4,5)26-55-27-50)40(48)33-13-12-16-44-37(33)25-54-8)31-19-29(20-32(51)22-31)21-36(42(53)49-18-11-10-17-45-49)46-41(52)39(28(2)3)47(6)7/h12-16,19-20,22-23,27-28,36,39,45,51H,9-11,17-18,21,24-26H2,1-8H3,(H,46,52). The summed E-state index contributed by atoms with van der Waals surface area (Å²) in [6.45, 7) is 13.3. The molecule has 3 heterocycles. The fraction of sp³-hybridized carbons (Fsp3) is 0.488. The zero-order valence-electron chi connectivity index (χ0n) is 33.6. The average molecular weight is 755 g/mol. The molecule has 5 rings (SSSR count). The topological polar surface area (TPSA) is 138 Å². The Bertz CT molecular complexity index is 1960. The molecule has 12 nitrogen and oxygen atoms in total. The number of aromatic hydroxyl groups is 1. The van der Waals surface area contributed by atoms with Gasteiger partial charge in [0, 0.05) is 61.2 Å². The molecule has 12 heteroatoms. The van der Waals surface area contributed by atoms with Crippen molar-refractivity contribution in [2.24, 2.45) is 11.3 Å². The van der Waals surface area contributed by atoms with Crippen molar-refractivity contribution in [1.29, 1.82) is 0 Å². The van der Waals surface area contributed by atoms with Crippen LogP contribution in [-0.2, 0) is 49.9 Å². The number of hydrazine groups is 1. The van der Waals surface area contributed by atoms with Crippen LogP contribution in [0.5, 0.6) is 5.75 Å². The van der Waals surface area contributed by atoms with Crippen LogP contribution < -0.4 is 10.7 Å². The number of aryl methyl sites for hydroxylation is 1. The molecule has 1 aliphatic heterocycles. The van der Waals surface area contributed by atoms with E-state index in [2.05, 4.69) is 59.3 Å². The number of hydrogen-bond acceptors (Lipinski definition) is 9. The highest BCUT2D eigenvalue weighted by atomic mass is 16.5. The summed E-state index contributed by atoms with van der Waals surface area (Å²) in [6.07, 6.45) is 4.42. The first-order valence-electron chi connectivity index (χ1n) is 19.3. The monoisotopic (exact) mass is 754 g/mol. The van der Waals surface area contributed by atoms with Crippen molar-refractivity contribution in [3.05, 3.63) is 71.5 Å². The number of carbonyl (C=O) groups is 3. The predicted molar refractivity (Wildman–Crippen MR) is 215 cm³/mol. The Kier molecular flexibility index (Phi) is 13.7. The molecule has 2 unspecified atom stereocenters. The van der Waals surface area contributed by atoms with Gasteiger partial charge in [0.15, 0.2) is 0 Å². The number of aromatic nitrogens is 2. The van der Waals surface area contributed by atoms with Gasteiger partial charge < -0.3 is 24.5 Å². The second-order valence-electron chi connectivity index (χ2n) is 15.9. The number of phenolic OH excluding ortho intramolecular Hbond substituents is 1. The number of carbonyl (C=O) groups excluding carboxylic acids is 3. The van der Waals surface area contributed by atoms with Crippen molar-refractivity contribution >= 4 is 29.2 Å². The molecule has 296 valence electrons. The van der Waals surface area contributed by atoms with E-state index in [1.807, 2.05) is 51.0 Å². The molecule has 4 aromatic rings. The maximum absolute atomic E-state index is 14.0. The average Bonchev–Trinajstić information content (AvgIpc) is 3.45. The Morgan fingerprint density at radius 3 is 2.55 bits per heavy atom. The maximum atomic E-state index is 14.0. The van der Waals surface area contributed by atoms with Gasteiger partial charge in [0.1, 0.15) is 11.8 Å². The van der Waals surface area contributed by atoms with Crippen molar-refractivity contribution in [2.75, 3.05) is 40.9 Å². The number of hydrogen-bond donors (Lipinski definition) is 3. The lowest BCUT2D eigenvalue weighted by molar-refractivity contribution is -0.141. The van der Waals surface area contributed by atoms with E-state index < -0.39 is 17.5 Å². The first-order chi connectivity index (χ1) is 26.3. The number of amides is 2. The first kappa shape index (κ1) is 41.4. The van der Waals surface area contributed by atoms with Crippen molar-refractivity contribution in [3.8, 4) is 28.1 Å². The van der Waals surface area contributed by atoms with Gasteiger partial charge in [-0.3, -0.25) is 29.3 Å². The molecule has 2 aromatic heterocycles. The zero-order chi connectivity index (χ0) is 39.9. The summed E-state index contributed by atoms with van der Waals surface area (Å²) < 4.78 is 13.1. The largest absolute Gasteiger partial charge is 0.508 e. The lowest BCUT2D eigenvalue weighted by Gasteiger charge is -2.33. The van der Waals surface area contributed by atoms with E-state index in [1.165, 1.54) is 0 Å². The summed E-state index contributed by atoms with van der Waals surface area (Å²) in [6, 6.07) is 14.4. The van der Waals surface area contributed by atoms with Crippen molar-refractivity contribution < 1.29 is 29.0 Å². The number of phenols is 1. The molecule has 0 saturated carbocycles. The Balaban J connectivity index is 1.61. The summed E-state index contributed by atoms with van der Waals surface area (Å²) in [7, 11) is 5.39. The molecule has 1 saturated heterocycles. The minimum atomic E-state index is -0.847. The van der Waals surface area contributed by atoms with Crippen molar-refractivity contribution in [1.82, 2.24) is 30.2 Å². The maximum Gasteiger partial charge on any atom is 0.293 e. The number of methoxy groups -OCH3 is 1. The van der Waals surface area contributed by atoms with Gasteiger partial charge in [-0.15, -0.1) is 0 Å². The minimum Gasteiger partial charge on any atom is -0.508 e. The lowest BCUT2D eigenvalue weighted by atomic mass is 9.84. The quantitative estimate of drug-likeness (QED) is 0.116. The summed E-state index contributed by atoms with van der Waals surface area (Å²) in [5, 5.41) is 16.8. The zero-order valence-corrected chi connectivity index (χ0v) is 33.6. The molecular formula is C43H58N6O6. The Hall–Kier alpha value is -4.78. The number of ether oxygens (including phenoxy) is 2. The van der Waals surface area contributed by atoms with Gasteiger partial charge >= 0.3 is 0 Å². The number of pyridine rings is 1. The van der Waals surface area contributed by atoms with Crippen LogP contribution in [0.3, 0.4) is 0 Å². The van der Waals surface area contributed by atoms with E-state index in [-0.39, 0.29) is 36.5 Å². The smallest absolute Gasteiger partial charge is 0.293 e. The summed E-state index contributed by atoms with van der Waals surface area (Å²) in [4.78, 5) is 45.4. The highest BCUT2D eigenvalue weighted by Crippen LogP contribution is 2.41. The van der Waals surface area contributed by atoms with Crippen molar-refractivity contribution in [2.45, 2.75) is 85.5 Å². The van der Waals surface area contributed by atoms with Crippen LogP contribution in [0.15, 0.2) is 54.7 Å². The van der Waals surface area contributed by atoms with Crippen LogP contribution in [0.2, 0.25) is 0 Å². The third-order valence-electron chi connectivity index (χ3n) is 10.3. The Morgan fingerprint density at radius 2 is 1.89 bits per heavy atom. The first-order valence-corrected chi connectivity index (χ1v) is 19.3.